The predicted octanol–water partition coefficient (Wildman–Crippen LogP) is 3.22. The van der Waals surface area contributed by atoms with Crippen molar-refractivity contribution in [3.63, 3.8) is 0 Å². The molecule has 3 aromatic rings. The van der Waals surface area contributed by atoms with Gasteiger partial charge in [0.05, 0.1) is 0 Å². The third kappa shape index (κ3) is 2.69. The van der Waals surface area contributed by atoms with Gasteiger partial charge in [-0.3, -0.25) is 0 Å². The van der Waals surface area contributed by atoms with Crippen LogP contribution in [0.15, 0.2) is 53.1 Å². The number of nitrogens with two attached hydrogens (primary N) is 1. The molecular weight excluding hydrogens is 250 g/mol. The summed E-state index contributed by atoms with van der Waals surface area (Å²) >= 11 is 0. The molecule has 0 amide bonds. The van der Waals surface area contributed by atoms with E-state index < -0.39 is 0 Å². The van der Waals surface area contributed by atoms with Crippen molar-refractivity contribution in [2.45, 2.75) is 13.3 Å². The number of benzene rings is 2. The van der Waals surface area contributed by atoms with Gasteiger partial charge in [-0.2, -0.15) is 4.98 Å². The van der Waals surface area contributed by atoms with Crippen LogP contribution < -0.4 is 5.73 Å². The van der Waals surface area contributed by atoms with E-state index in [0.29, 0.717) is 23.8 Å². The highest BCUT2D eigenvalue weighted by Gasteiger charge is 2.09. The van der Waals surface area contributed by atoms with E-state index in [0.717, 1.165) is 5.56 Å². The van der Waals surface area contributed by atoms with E-state index >= 15 is 0 Å². The number of aromatic nitrogens is 2. The quantitative estimate of drug-likeness (QED) is 0.738. The molecule has 1 aromatic heterocycles. The number of hydrogen-bond donors (Lipinski definition) is 1. The molecule has 1 heterocycles. The smallest absolute Gasteiger partial charge is 0.257 e. The molecule has 0 radical (unpaired) electrons. The SMILES string of the molecule is Cc1ccc(Cc2noc(-c3ccc(N)cc3)n2)cc1. The molecule has 0 bridgehead atoms. The van der Waals surface area contributed by atoms with Crippen LogP contribution in [-0.2, 0) is 6.42 Å². The second-order valence-electron chi connectivity index (χ2n) is 4.80. The predicted molar refractivity (Wildman–Crippen MR) is 78.1 cm³/mol. The Morgan fingerprint density at radius 2 is 1.70 bits per heavy atom. The van der Waals surface area contributed by atoms with Gasteiger partial charge in [-0.05, 0) is 36.8 Å². The van der Waals surface area contributed by atoms with Gasteiger partial charge in [0.25, 0.3) is 5.89 Å². The third-order valence-electron chi connectivity index (χ3n) is 3.11. The van der Waals surface area contributed by atoms with Crippen molar-refractivity contribution < 1.29 is 4.52 Å². The van der Waals surface area contributed by atoms with Crippen molar-refractivity contribution in [2.24, 2.45) is 0 Å². The van der Waals surface area contributed by atoms with Gasteiger partial charge in [0.15, 0.2) is 5.82 Å². The maximum Gasteiger partial charge on any atom is 0.257 e. The molecule has 0 fully saturated rings. The Balaban J connectivity index is 1.80. The summed E-state index contributed by atoms with van der Waals surface area (Å²) in [6, 6.07) is 15.7. The Hall–Kier alpha value is -2.62. The zero-order valence-electron chi connectivity index (χ0n) is 11.2. The van der Waals surface area contributed by atoms with Gasteiger partial charge in [0.2, 0.25) is 0 Å². The van der Waals surface area contributed by atoms with Crippen LogP contribution in [0, 0.1) is 6.92 Å². The summed E-state index contributed by atoms with van der Waals surface area (Å²) < 4.78 is 5.28. The van der Waals surface area contributed by atoms with E-state index in [4.69, 9.17) is 10.3 Å². The molecule has 4 nitrogen and oxygen atoms in total. The van der Waals surface area contributed by atoms with Crippen molar-refractivity contribution in [1.29, 1.82) is 0 Å². The number of nitrogen functional groups attached to an aromatic ring is 1. The molecule has 3 rings (SSSR count). The van der Waals surface area contributed by atoms with Crippen LogP contribution in [0.1, 0.15) is 17.0 Å². The molecule has 0 saturated carbocycles. The van der Waals surface area contributed by atoms with E-state index in [1.165, 1.54) is 11.1 Å². The summed E-state index contributed by atoms with van der Waals surface area (Å²) in [6.45, 7) is 2.07. The second kappa shape index (κ2) is 5.17. The lowest BCUT2D eigenvalue weighted by Gasteiger charge is -1.97. The lowest BCUT2D eigenvalue weighted by Crippen LogP contribution is -1.91. The molecule has 2 aromatic carbocycles. The molecule has 0 saturated heterocycles. The Bertz CT molecular complexity index is 699. The van der Waals surface area contributed by atoms with E-state index in [1.807, 2.05) is 24.3 Å². The highest BCUT2D eigenvalue weighted by molar-refractivity contribution is 5.56. The lowest BCUT2D eigenvalue weighted by molar-refractivity contribution is 0.424. The zero-order chi connectivity index (χ0) is 13.9. The Morgan fingerprint density at radius 1 is 1.00 bits per heavy atom. The van der Waals surface area contributed by atoms with Gasteiger partial charge in [-0.1, -0.05) is 35.0 Å². The van der Waals surface area contributed by atoms with Crippen molar-refractivity contribution in [3.8, 4) is 11.5 Å². The first-order chi connectivity index (χ1) is 9.70. The van der Waals surface area contributed by atoms with Gasteiger partial charge in [0, 0.05) is 17.7 Å². The lowest BCUT2D eigenvalue weighted by atomic mass is 10.1. The molecule has 0 unspecified atom stereocenters. The van der Waals surface area contributed by atoms with E-state index in [1.54, 1.807) is 0 Å². The van der Waals surface area contributed by atoms with Crippen LogP contribution in [0.3, 0.4) is 0 Å². The molecule has 0 atom stereocenters. The molecule has 0 aliphatic heterocycles. The largest absolute Gasteiger partial charge is 0.399 e. The molecular formula is C16H15N3O. The van der Waals surface area contributed by atoms with E-state index in [-0.39, 0.29) is 0 Å². The summed E-state index contributed by atoms with van der Waals surface area (Å²) in [5.41, 5.74) is 9.66. The Kier molecular flexibility index (Phi) is 3.21. The van der Waals surface area contributed by atoms with E-state index in [2.05, 4.69) is 41.3 Å². The maximum atomic E-state index is 5.66. The number of rotatable bonds is 3. The van der Waals surface area contributed by atoms with Crippen LogP contribution in [0.25, 0.3) is 11.5 Å². The van der Waals surface area contributed by atoms with E-state index in [9.17, 15) is 0 Å². The summed E-state index contributed by atoms with van der Waals surface area (Å²) in [4.78, 5) is 4.41. The third-order valence-corrected chi connectivity index (χ3v) is 3.11. The number of aryl methyl sites for hydroxylation is 1. The van der Waals surface area contributed by atoms with Crippen LogP contribution in [0.2, 0.25) is 0 Å². The molecule has 0 aliphatic carbocycles. The Labute approximate surface area is 117 Å². The van der Waals surface area contributed by atoms with Gasteiger partial charge in [-0.25, -0.2) is 0 Å². The number of nitrogens with zero attached hydrogens (tertiary/aromatic N) is 2. The van der Waals surface area contributed by atoms with Crippen molar-refractivity contribution in [1.82, 2.24) is 10.1 Å². The van der Waals surface area contributed by atoms with Gasteiger partial charge in [0.1, 0.15) is 0 Å². The van der Waals surface area contributed by atoms with Gasteiger partial charge < -0.3 is 10.3 Å². The average Bonchev–Trinajstić information content (AvgIpc) is 2.91. The standard InChI is InChI=1S/C16H15N3O/c1-11-2-4-12(5-3-11)10-15-18-16(20-19-15)13-6-8-14(17)9-7-13/h2-9H,10,17H2,1H3. The second-order valence-corrected chi connectivity index (χ2v) is 4.80. The van der Waals surface area contributed by atoms with Crippen LogP contribution in [0.5, 0.6) is 0 Å². The van der Waals surface area contributed by atoms with Gasteiger partial charge >= 0.3 is 0 Å². The summed E-state index contributed by atoms with van der Waals surface area (Å²) in [5.74, 6) is 1.20. The van der Waals surface area contributed by atoms with Crippen LogP contribution in [-0.4, -0.2) is 10.1 Å². The normalized spacial score (nSPS) is 10.7. The topological polar surface area (TPSA) is 64.9 Å². The fourth-order valence-electron chi connectivity index (χ4n) is 1.96. The number of anilines is 1. The maximum absolute atomic E-state index is 5.66. The van der Waals surface area contributed by atoms with Gasteiger partial charge in [-0.15, -0.1) is 0 Å². The summed E-state index contributed by atoms with van der Waals surface area (Å²) in [5, 5.41) is 4.02. The highest BCUT2D eigenvalue weighted by Crippen LogP contribution is 2.19. The molecule has 2 N–H and O–H groups in total. The minimum atomic E-state index is 0.520. The van der Waals surface area contributed by atoms with Crippen molar-refractivity contribution in [3.05, 3.63) is 65.5 Å². The highest BCUT2D eigenvalue weighted by atomic mass is 16.5. The molecule has 100 valence electrons. The Morgan fingerprint density at radius 3 is 2.40 bits per heavy atom. The average molecular weight is 265 g/mol. The molecule has 0 spiro atoms. The summed E-state index contributed by atoms with van der Waals surface area (Å²) in [7, 11) is 0. The zero-order valence-corrected chi connectivity index (χ0v) is 11.2. The minimum Gasteiger partial charge on any atom is -0.399 e. The number of hydrogen-bond acceptors (Lipinski definition) is 4. The van der Waals surface area contributed by atoms with Crippen molar-refractivity contribution >= 4 is 5.69 Å². The minimum absolute atomic E-state index is 0.520. The summed E-state index contributed by atoms with van der Waals surface area (Å²) in [6.07, 6.45) is 0.665. The molecule has 4 heteroatoms. The molecule has 0 aliphatic rings. The van der Waals surface area contributed by atoms with Crippen LogP contribution >= 0.6 is 0 Å². The van der Waals surface area contributed by atoms with Crippen LogP contribution in [0.4, 0.5) is 5.69 Å². The van der Waals surface area contributed by atoms with Crippen molar-refractivity contribution in [2.75, 3.05) is 5.73 Å². The fraction of sp³-hybridized carbons (Fsp3) is 0.125. The first kappa shape index (κ1) is 12.4. The monoisotopic (exact) mass is 265 g/mol. The first-order valence-electron chi connectivity index (χ1n) is 6.45. The fourth-order valence-corrected chi connectivity index (χ4v) is 1.96. The first-order valence-corrected chi connectivity index (χ1v) is 6.45. The molecule has 20 heavy (non-hydrogen) atoms.